The molecule has 0 bridgehead atoms. The highest BCUT2D eigenvalue weighted by Gasteiger charge is 2.15. The molecule has 0 amide bonds. The number of aliphatic imine (C=N–C) groups is 1. The summed E-state index contributed by atoms with van der Waals surface area (Å²) in [5.41, 5.74) is 2.65. The molecule has 0 spiro atoms. The summed E-state index contributed by atoms with van der Waals surface area (Å²) in [4.78, 5) is 4.32. The fraction of sp³-hybridized carbons (Fsp3) is 0.550. The number of rotatable bonds is 5. The summed E-state index contributed by atoms with van der Waals surface area (Å²) in [5, 5.41) is 15.5. The van der Waals surface area contributed by atoms with Crippen molar-refractivity contribution >= 4 is 29.9 Å². The Morgan fingerprint density at radius 3 is 3.00 bits per heavy atom. The van der Waals surface area contributed by atoms with Gasteiger partial charge in [-0.15, -0.1) is 34.2 Å². The molecule has 3 heterocycles. The lowest BCUT2D eigenvalue weighted by Gasteiger charge is -2.13. The maximum absolute atomic E-state index is 5.57. The first kappa shape index (κ1) is 20.9. The minimum absolute atomic E-state index is 0. The molecular formula is C20H29IN6O. The van der Waals surface area contributed by atoms with Gasteiger partial charge in [-0.1, -0.05) is 18.6 Å². The van der Waals surface area contributed by atoms with Crippen LogP contribution in [-0.4, -0.2) is 40.9 Å². The van der Waals surface area contributed by atoms with Gasteiger partial charge in [0.15, 0.2) is 11.8 Å². The maximum Gasteiger partial charge on any atom is 0.191 e. The maximum atomic E-state index is 5.57. The quantitative estimate of drug-likeness (QED) is 0.378. The number of guanidine groups is 1. The molecule has 0 aliphatic carbocycles. The van der Waals surface area contributed by atoms with Crippen molar-refractivity contribution < 1.29 is 4.74 Å². The van der Waals surface area contributed by atoms with Crippen molar-refractivity contribution in [2.75, 3.05) is 20.2 Å². The summed E-state index contributed by atoms with van der Waals surface area (Å²) < 4.78 is 7.83. The topological polar surface area (TPSA) is 76.4 Å². The highest BCUT2D eigenvalue weighted by Crippen LogP contribution is 2.25. The molecular weight excluding hydrogens is 467 g/mol. The van der Waals surface area contributed by atoms with Gasteiger partial charge in [-0.2, -0.15) is 0 Å². The number of aromatic nitrogens is 3. The Morgan fingerprint density at radius 1 is 1.18 bits per heavy atom. The van der Waals surface area contributed by atoms with E-state index < -0.39 is 0 Å². The molecule has 0 radical (unpaired) electrons. The average Bonchev–Trinajstić information content (AvgIpc) is 3.24. The molecule has 0 fully saturated rings. The van der Waals surface area contributed by atoms with Crippen LogP contribution in [0, 0.1) is 0 Å². The summed E-state index contributed by atoms with van der Waals surface area (Å²) in [6.07, 6.45) is 6.69. The van der Waals surface area contributed by atoms with Crippen molar-refractivity contribution in [1.29, 1.82) is 0 Å². The zero-order chi connectivity index (χ0) is 18.5. The van der Waals surface area contributed by atoms with E-state index in [1.807, 2.05) is 0 Å². The smallest absolute Gasteiger partial charge is 0.191 e. The van der Waals surface area contributed by atoms with E-state index >= 15 is 0 Å². The van der Waals surface area contributed by atoms with Crippen LogP contribution in [0.4, 0.5) is 0 Å². The Kier molecular flexibility index (Phi) is 7.52. The third-order valence-electron chi connectivity index (χ3n) is 5.28. The summed E-state index contributed by atoms with van der Waals surface area (Å²) in [5.74, 6) is 3.95. The van der Waals surface area contributed by atoms with Crippen molar-refractivity contribution in [2.45, 2.75) is 51.6 Å². The van der Waals surface area contributed by atoms with Crippen LogP contribution >= 0.6 is 24.0 Å². The van der Waals surface area contributed by atoms with Gasteiger partial charge in [0.2, 0.25) is 0 Å². The van der Waals surface area contributed by atoms with E-state index in [-0.39, 0.29) is 24.0 Å². The average molecular weight is 496 g/mol. The molecule has 1 aromatic carbocycles. The number of fused-ring (bicyclic) bond motifs is 2. The van der Waals surface area contributed by atoms with Crippen LogP contribution in [-0.2, 0) is 32.4 Å². The van der Waals surface area contributed by atoms with E-state index in [9.17, 15) is 0 Å². The lowest BCUT2D eigenvalue weighted by Crippen LogP contribution is -2.38. The normalized spacial score (nSPS) is 15.7. The third kappa shape index (κ3) is 4.95. The number of nitrogens with one attached hydrogen (secondary N) is 2. The second kappa shape index (κ2) is 10.1. The van der Waals surface area contributed by atoms with E-state index in [1.54, 1.807) is 7.05 Å². The molecule has 0 atom stereocenters. The van der Waals surface area contributed by atoms with Crippen molar-refractivity contribution in [3.63, 3.8) is 0 Å². The van der Waals surface area contributed by atoms with Crippen LogP contribution in [0.2, 0.25) is 0 Å². The van der Waals surface area contributed by atoms with Crippen LogP contribution in [0.5, 0.6) is 5.75 Å². The van der Waals surface area contributed by atoms with E-state index in [0.29, 0.717) is 6.54 Å². The van der Waals surface area contributed by atoms with E-state index in [2.05, 4.69) is 48.6 Å². The standard InChI is InChI=1S/C20H28N6O.HI/c1-21-20(22-10-8-15-6-7-17-16(13-15)9-12-27-17)23-14-19-25-24-18-5-3-2-4-11-26(18)19;/h6-7,13H,2-5,8-12,14H2,1H3,(H2,21,22,23);1H. The van der Waals surface area contributed by atoms with Gasteiger partial charge >= 0.3 is 0 Å². The Hall–Kier alpha value is -1.84. The fourth-order valence-electron chi connectivity index (χ4n) is 3.78. The first-order chi connectivity index (χ1) is 13.3. The molecule has 7 nitrogen and oxygen atoms in total. The lowest BCUT2D eigenvalue weighted by molar-refractivity contribution is 0.357. The van der Waals surface area contributed by atoms with Crippen LogP contribution < -0.4 is 15.4 Å². The number of hydrogen-bond donors (Lipinski definition) is 2. The zero-order valence-corrected chi connectivity index (χ0v) is 18.7. The molecule has 0 saturated heterocycles. The Morgan fingerprint density at radius 2 is 2.11 bits per heavy atom. The molecule has 2 aromatic rings. The summed E-state index contributed by atoms with van der Waals surface area (Å²) in [6, 6.07) is 6.49. The van der Waals surface area contributed by atoms with Crippen molar-refractivity contribution in [1.82, 2.24) is 25.4 Å². The van der Waals surface area contributed by atoms with Crippen molar-refractivity contribution in [3.8, 4) is 5.75 Å². The Balaban J connectivity index is 0.00000225. The molecule has 0 saturated carbocycles. The highest BCUT2D eigenvalue weighted by molar-refractivity contribution is 14.0. The molecule has 28 heavy (non-hydrogen) atoms. The number of aryl methyl sites for hydroxylation is 1. The molecule has 2 N–H and O–H groups in total. The van der Waals surface area contributed by atoms with Crippen LogP contribution in [0.3, 0.4) is 0 Å². The summed E-state index contributed by atoms with van der Waals surface area (Å²) in [6.45, 7) is 3.30. The van der Waals surface area contributed by atoms with Gasteiger partial charge < -0.3 is 19.9 Å². The van der Waals surface area contributed by atoms with Gasteiger partial charge in [-0.3, -0.25) is 4.99 Å². The Labute approximate surface area is 183 Å². The lowest BCUT2D eigenvalue weighted by atomic mass is 10.1. The largest absolute Gasteiger partial charge is 0.493 e. The fourth-order valence-corrected chi connectivity index (χ4v) is 3.78. The zero-order valence-electron chi connectivity index (χ0n) is 16.4. The highest BCUT2D eigenvalue weighted by atomic mass is 127. The first-order valence-corrected chi connectivity index (χ1v) is 9.93. The molecule has 2 aliphatic rings. The monoisotopic (exact) mass is 496 g/mol. The Bertz CT molecular complexity index is 819. The number of hydrogen-bond acceptors (Lipinski definition) is 4. The number of halogens is 1. The second-order valence-corrected chi connectivity index (χ2v) is 7.14. The van der Waals surface area contributed by atoms with E-state index in [0.717, 1.165) is 62.3 Å². The van der Waals surface area contributed by atoms with Crippen molar-refractivity contribution in [3.05, 3.63) is 41.0 Å². The number of nitrogens with zero attached hydrogens (tertiary/aromatic N) is 4. The summed E-state index contributed by atoms with van der Waals surface area (Å²) in [7, 11) is 1.80. The molecule has 0 unspecified atom stereocenters. The number of ether oxygens (including phenoxy) is 1. The minimum atomic E-state index is 0. The number of benzene rings is 1. The molecule has 2 aliphatic heterocycles. The van der Waals surface area contributed by atoms with Gasteiger partial charge in [0.1, 0.15) is 11.6 Å². The predicted octanol–water partition coefficient (Wildman–Crippen LogP) is 2.47. The van der Waals surface area contributed by atoms with Crippen LogP contribution in [0.15, 0.2) is 23.2 Å². The van der Waals surface area contributed by atoms with Gasteiger partial charge in [-0.05, 0) is 36.5 Å². The third-order valence-corrected chi connectivity index (χ3v) is 5.28. The van der Waals surface area contributed by atoms with Gasteiger partial charge in [0.05, 0.1) is 13.2 Å². The van der Waals surface area contributed by atoms with Gasteiger partial charge in [0, 0.05) is 33.0 Å². The van der Waals surface area contributed by atoms with E-state index in [4.69, 9.17) is 4.74 Å². The van der Waals surface area contributed by atoms with Crippen LogP contribution in [0.1, 0.15) is 42.0 Å². The molecule has 152 valence electrons. The van der Waals surface area contributed by atoms with Gasteiger partial charge in [-0.25, -0.2) is 0 Å². The van der Waals surface area contributed by atoms with Crippen molar-refractivity contribution in [2.24, 2.45) is 4.99 Å². The molecule has 1 aromatic heterocycles. The van der Waals surface area contributed by atoms with Crippen LogP contribution in [0.25, 0.3) is 0 Å². The van der Waals surface area contributed by atoms with E-state index in [1.165, 1.54) is 30.4 Å². The SMILES string of the molecule is CN=C(NCCc1ccc2c(c1)CCO2)NCc1nnc2n1CCCCC2.I. The first-order valence-electron chi connectivity index (χ1n) is 9.93. The summed E-state index contributed by atoms with van der Waals surface area (Å²) >= 11 is 0. The van der Waals surface area contributed by atoms with Gasteiger partial charge in [0.25, 0.3) is 0 Å². The molecule has 8 heteroatoms. The molecule has 4 rings (SSSR count). The second-order valence-electron chi connectivity index (χ2n) is 7.14. The minimum Gasteiger partial charge on any atom is -0.493 e. The predicted molar refractivity (Wildman–Crippen MR) is 121 cm³/mol.